The van der Waals surface area contributed by atoms with Gasteiger partial charge in [0.2, 0.25) is 5.91 Å². The first-order valence-electron chi connectivity index (χ1n) is 7.04. The zero-order chi connectivity index (χ0) is 16.7. The number of amides is 1. The van der Waals surface area contributed by atoms with Crippen LogP contribution in [0.1, 0.15) is 6.42 Å². The number of anilines is 1. The quantitative estimate of drug-likeness (QED) is 0.499. The molecule has 0 aromatic heterocycles. The number of carbonyl (C=O) groups is 2. The Morgan fingerprint density at radius 1 is 1.26 bits per heavy atom. The van der Waals surface area contributed by atoms with Crippen molar-refractivity contribution in [3.8, 4) is 0 Å². The molecule has 23 heavy (non-hydrogen) atoms. The number of fused-ring (bicyclic) bond motifs is 2. The molecular formula is C15H13ClN2O5. The molecule has 2 bridgehead atoms. The minimum absolute atomic E-state index is 0.0285. The van der Waals surface area contributed by atoms with Crippen LogP contribution in [0.5, 0.6) is 0 Å². The van der Waals surface area contributed by atoms with Crippen molar-refractivity contribution in [2.75, 3.05) is 5.32 Å². The van der Waals surface area contributed by atoms with Gasteiger partial charge in [0.05, 0.1) is 16.8 Å². The summed E-state index contributed by atoms with van der Waals surface area (Å²) in [6.45, 7) is 0. The van der Waals surface area contributed by atoms with E-state index in [-0.39, 0.29) is 28.2 Å². The number of carboxylic acids is 1. The minimum atomic E-state index is -0.996. The summed E-state index contributed by atoms with van der Waals surface area (Å²) in [6.07, 6.45) is 4.37. The summed E-state index contributed by atoms with van der Waals surface area (Å²) < 4.78 is 0. The topological polar surface area (TPSA) is 110 Å². The average molecular weight is 337 g/mol. The van der Waals surface area contributed by atoms with E-state index < -0.39 is 28.6 Å². The molecule has 8 heteroatoms. The molecule has 1 aromatic carbocycles. The lowest BCUT2D eigenvalue weighted by molar-refractivity contribution is -0.384. The van der Waals surface area contributed by atoms with E-state index in [1.54, 1.807) is 0 Å². The fourth-order valence-corrected chi connectivity index (χ4v) is 3.66. The normalized spacial score (nSPS) is 27.9. The van der Waals surface area contributed by atoms with Crippen molar-refractivity contribution in [3.63, 3.8) is 0 Å². The van der Waals surface area contributed by atoms with Gasteiger partial charge in [0.25, 0.3) is 5.69 Å². The van der Waals surface area contributed by atoms with Crippen LogP contribution in [-0.4, -0.2) is 21.9 Å². The number of nitro groups is 1. The highest BCUT2D eigenvalue weighted by Crippen LogP contribution is 2.48. The molecule has 0 heterocycles. The summed E-state index contributed by atoms with van der Waals surface area (Å²) in [5.41, 5.74) is -0.0888. The van der Waals surface area contributed by atoms with E-state index in [9.17, 15) is 24.8 Å². The molecule has 4 atom stereocenters. The first-order chi connectivity index (χ1) is 10.9. The highest BCUT2D eigenvalue weighted by molar-refractivity contribution is 6.32. The summed E-state index contributed by atoms with van der Waals surface area (Å²) in [5.74, 6) is -3.10. The number of nitrogens with one attached hydrogen (secondary N) is 1. The maximum absolute atomic E-state index is 12.5. The number of nitrogens with zero attached hydrogens (tertiary/aromatic N) is 1. The van der Waals surface area contributed by atoms with Crippen LogP contribution in [0.4, 0.5) is 11.4 Å². The van der Waals surface area contributed by atoms with Gasteiger partial charge in [-0.1, -0.05) is 23.8 Å². The fraction of sp³-hybridized carbons (Fsp3) is 0.333. The second-order valence-corrected chi connectivity index (χ2v) is 6.16. The van der Waals surface area contributed by atoms with Crippen LogP contribution in [0.15, 0.2) is 30.4 Å². The van der Waals surface area contributed by atoms with E-state index in [4.69, 9.17) is 11.6 Å². The molecule has 1 amide bonds. The third-order valence-electron chi connectivity index (χ3n) is 4.46. The van der Waals surface area contributed by atoms with Gasteiger partial charge in [-0.25, -0.2) is 0 Å². The predicted molar refractivity (Wildman–Crippen MR) is 82.1 cm³/mol. The smallest absolute Gasteiger partial charge is 0.307 e. The first-order valence-corrected chi connectivity index (χ1v) is 7.42. The fourth-order valence-electron chi connectivity index (χ4n) is 3.47. The van der Waals surface area contributed by atoms with E-state index in [2.05, 4.69) is 5.32 Å². The number of allylic oxidation sites excluding steroid dienone is 2. The third kappa shape index (κ3) is 2.68. The Bertz CT molecular complexity index is 733. The van der Waals surface area contributed by atoms with Gasteiger partial charge in [0.1, 0.15) is 5.02 Å². The molecule has 2 aliphatic rings. The van der Waals surface area contributed by atoms with Gasteiger partial charge in [-0.15, -0.1) is 0 Å². The first kappa shape index (κ1) is 15.5. The van der Waals surface area contributed by atoms with Crippen molar-refractivity contribution < 1.29 is 19.6 Å². The summed E-state index contributed by atoms with van der Waals surface area (Å²) >= 11 is 5.73. The average Bonchev–Trinajstić information content (AvgIpc) is 3.09. The van der Waals surface area contributed by atoms with Crippen molar-refractivity contribution in [2.45, 2.75) is 6.42 Å². The maximum atomic E-state index is 12.5. The molecule has 120 valence electrons. The molecule has 0 spiro atoms. The Labute approximate surface area is 136 Å². The van der Waals surface area contributed by atoms with Crippen LogP contribution < -0.4 is 5.32 Å². The van der Waals surface area contributed by atoms with Crippen molar-refractivity contribution >= 4 is 34.9 Å². The number of hydrogen-bond acceptors (Lipinski definition) is 4. The Hall–Kier alpha value is -2.41. The number of carboxylic acid groups (broad SMARTS) is 1. The molecule has 2 aliphatic carbocycles. The molecule has 1 fully saturated rings. The second-order valence-electron chi connectivity index (χ2n) is 5.75. The SMILES string of the molecule is O=C(O)[C@@H]1[C@@H](C(=O)Nc2ccc(Cl)c([N+](=O)[O-])c2)[C@H]2C=C[C@H]1C2. The molecule has 0 radical (unpaired) electrons. The third-order valence-corrected chi connectivity index (χ3v) is 4.78. The lowest BCUT2D eigenvalue weighted by atomic mass is 9.82. The molecule has 7 nitrogen and oxygen atoms in total. The van der Waals surface area contributed by atoms with E-state index in [1.807, 2.05) is 12.2 Å². The Morgan fingerprint density at radius 3 is 2.52 bits per heavy atom. The van der Waals surface area contributed by atoms with Crippen LogP contribution in [0.3, 0.4) is 0 Å². The number of benzene rings is 1. The van der Waals surface area contributed by atoms with Gasteiger partial charge in [-0.2, -0.15) is 0 Å². The summed E-state index contributed by atoms with van der Waals surface area (Å²) in [4.78, 5) is 34.1. The second kappa shape index (κ2) is 5.66. The number of aliphatic carboxylic acids is 1. The Kier molecular flexibility index (Phi) is 3.81. The van der Waals surface area contributed by atoms with Gasteiger partial charge in [0.15, 0.2) is 0 Å². The summed E-state index contributed by atoms with van der Waals surface area (Å²) in [5, 5.41) is 22.8. The van der Waals surface area contributed by atoms with Gasteiger partial charge in [-0.3, -0.25) is 19.7 Å². The van der Waals surface area contributed by atoms with Crippen LogP contribution in [0.25, 0.3) is 0 Å². The molecule has 3 rings (SSSR count). The van der Waals surface area contributed by atoms with Crippen LogP contribution in [0, 0.1) is 33.8 Å². The minimum Gasteiger partial charge on any atom is -0.481 e. The molecule has 0 unspecified atom stereocenters. The van der Waals surface area contributed by atoms with Crippen molar-refractivity contribution in [1.82, 2.24) is 0 Å². The van der Waals surface area contributed by atoms with E-state index in [0.29, 0.717) is 6.42 Å². The predicted octanol–water partition coefficient (Wildman–Crippen LogP) is 2.71. The highest BCUT2D eigenvalue weighted by Gasteiger charge is 2.51. The number of hydrogen-bond donors (Lipinski definition) is 2. The van der Waals surface area contributed by atoms with Crippen LogP contribution in [0.2, 0.25) is 5.02 Å². The van der Waals surface area contributed by atoms with Crippen LogP contribution in [-0.2, 0) is 9.59 Å². The lowest BCUT2D eigenvalue weighted by Crippen LogP contribution is -2.36. The molecular weight excluding hydrogens is 324 g/mol. The van der Waals surface area contributed by atoms with Gasteiger partial charge in [0, 0.05) is 11.8 Å². The number of halogens is 1. The number of carbonyl (C=O) groups excluding carboxylic acids is 1. The van der Waals surface area contributed by atoms with E-state index >= 15 is 0 Å². The molecule has 2 N–H and O–H groups in total. The maximum Gasteiger partial charge on any atom is 0.307 e. The number of nitro benzene ring substituents is 1. The van der Waals surface area contributed by atoms with Gasteiger partial charge in [-0.05, 0) is 30.4 Å². The Balaban J connectivity index is 1.82. The standard InChI is InChI=1S/C15H13ClN2O5/c16-10-4-3-9(6-11(10)18(22)23)17-14(19)12-7-1-2-8(5-7)13(12)15(20)21/h1-4,6-8,12-13H,5H2,(H,17,19)(H,20,21)/t7-,8-,12-,13-/m0/s1. The molecule has 0 aliphatic heterocycles. The zero-order valence-corrected chi connectivity index (χ0v) is 12.6. The molecule has 0 saturated heterocycles. The largest absolute Gasteiger partial charge is 0.481 e. The van der Waals surface area contributed by atoms with Gasteiger partial charge < -0.3 is 10.4 Å². The number of rotatable bonds is 4. The molecule has 1 saturated carbocycles. The van der Waals surface area contributed by atoms with Crippen LogP contribution >= 0.6 is 11.6 Å². The van der Waals surface area contributed by atoms with E-state index in [1.165, 1.54) is 18.2 Å². The van der Waals surface area contributed by atoms with Crippen molar-refractivity contribution in [3.05, 3.63) is 45.5 Å². The Morgan fingerprint density at radius 2 is 1.91 bits per heavy atom. The zero-order valence-electron chi connectivity index (χ0n) is 11.8. The van der Waals surface area contributed by atoms with Crippen molar-refractivity contribution in [1.29, 1.82) is 0 Å². The van der Waals surface area contributed by atoms with E-state index in [0.717, 1.165) is 0 Å². The summed E-state index contributed by atoms with van der Waals surface area (Å²) in [7, 11) is 0. The highest BCUT2D eigenvalue weighted by atomic mass is 35.5. The monoisotopic (exact) mass is 336 g/mol. The van der Waals surface area contributed by atoms with Crippen molar-refractivity contribution in [2.24, 2.45) is 23.7 Å². The van der Waals surface area contributed by atoms with Gasteiger partial charge >= 0.3 is 5.97 Å². The lowest BCUT2D eigenvalue weighted by Gasteiger charge is -2.23. The molecule has 1 aromatic rings. The summed E-state index contributed by atoms with van der Waals surface area (Å²) in [6, 6.07) is 3.94.